The van der Waals surface area contributed by atoms with Crippen molar-refractivity contribution in [1.29, 1.82) is 0 Å². The number of primary amides is 1. The first-order valence-corrected chi connectivity index (χ1v) is 5.70. The fourth-order valence-corrected chi connectivity index (χ4v) is 1.35. The van der Waals surface area contributed by atoms with E-state index in [9.17, 15) is 14.9 Å². The second kappa shape index (κ2) is 5.66. The van der Waals surface area contributed by atoms with Gasteiger partial charge in [-0.25, -0.2) is 0 Å². The predicted molar refractivity (Wildman–Crippen MR) is 69.7 cm³/mol. The molecule has 19 heavy (non-hydrogen) atoms. The minimum Gasteiger partial charge on any atom is -0.493 e. The van der Waals surface area contributed by atoms with Crippen LogP contribution in [0.2, 0.25) is 0 Å². The normalized spacial score (nSPS) is 13.6. The molecule has 0 fully saturated rings. The third kappa shape index (κ3) is 3.92. The Bertz CT molecular complexity index is 500. The summed E-state index contributed by atoms with van der Waals surface area (Å²) in [6.07, 6.45) is 0.227. The molecule has 0 aromatic heterocycles. The van der Waals surface area contributed by atoms with Gasteiger partial charge in [0, 0.05) is 12.5 Å². The van der Waals surface area contributed by atoms with Crippen LogP contribution in [0.5, 0.6) is 5.75 Å². The number of nitro benzene ring substituents is 1. The topological polar surface area (TPSA) is 121 Å². The fraction of sp³-hybridized carbons (Fsp3) is 0.417. The van der Waals surface area contributed by atoms with E-state index in [1.165, 1.54) is 19.1 Å². The van der Waals surface area contributed by atoms with E-state index < -0.39 is 16.4 Å². The maximum Gasteiger partial charge on any atom is 0.273 e. The fourth-order valence-electron chi connectivity index (χ4n) is 1.35. The lowest BCUT2D eigenvalue weighted by atomic mass is 9.99. The number of aryl methyl sites for hydroxylation is 1. The van der Waals surface area contributed by atoms with Crippen molar-refractivity contribution in [3.05, 3.63) is 33.9 Å². The van der Waals surface area contributed by atoms with Gasteiger partial charge in [0.25, 0.3) is 5.69 Å². The number of benzene rings is 1. The second-order valence-electron chi connectivity index (χ2n) is 4.59. The first-order valence-electron chi connectivity index (χ1n) is 5.70. The number of ether oxygens (including phenoxy) is 1. The summed E-state index contributed by atoms with van der Waals surface area (Å²) in [7, 11) is 0. The molecule has 0 aliphatic rings. The van der Waals surface area contributed by atoms with Crippen molar-refractivity contribution in [2.45, 2.75) is 25.8 Å². The van der Waals surface area contributed by atoms with Crippen LogP contribution >= 0.6 is 0 Å². The van der Waals surface area contributed by atoms with E-state index in [0.717, 1.165) is 5.56 Å². The molecule has 0 bridgehead atoms. The quantitative estimate of drug-likeness (QED) is 0.585. The van der Waals surface area contributed by atoms with Crippen LogP contribution in [0.15, 0.2) is 18.2 Å². The molecule has 4 N–H and O–H groups in total. The zero-order valence-corrected chi connectivity index (χ0v) is 10.9. The van der Waals surface area contributed by atoms with Gasteiger partial charge < -0.3 is 16.2 Å². The van der Waals surface area contributed by atoms with Crippen LogP contribution < -0.4 is 16.2 Å². The van der Waals surface area contributed by atoms with Crippen molar-refractivity contribution in [3.8, 4) is 5.75 Å². The van der Waals surface area contributed by atoms with Crippen molar-refractivity contribution in [2.24, 2.45) is 11.5 Å². The molecular weight excluding hydrogens is 250 g/mol. The third-order valence-corrected chi connectivity index (χ3v) is 2.82. The predicted octanol–water partition coefficient (Wildman–Crippen LogP) is 0.875. The van der Waals surface area contributed by atoms with E-state index in [1.807, 2.05) is 0 Å². The lowest BCUT2D eigenvalue weighted by Gasteiger charge is -2.20. The molecule has 0 aliphatic heterocycles. The SMILES string of the molecule is Cc1ccc([N+](=O)[O-])cc1OCCC(C)(N)C(N)=O. The molecule has 1 unspecified atom stereocenters. The monoisotopic (exact) mass is 267 g/mol. The summed E-state index contributed by atoms with van der Waals surface area (Å²) in [6.45, 7) is 3.44. The Balaban J connectivity index is 2.70. The Morgan fingerprint density at radius 1 is 1.53 bits per heavy atom. The van der Waals surface area contributed by atoms with Crippen LogP contribution in [0.25, 0.3) is 0 Å². The summed E-state index contributed by atoms with van der Waals surface area (Å²) in [5.74, 6) is -0.221. The number of amides is 1. The van der Waals surface area contributed by atoms with E-state index >= 15 is 0 Å². The smallest absolute Gasteiger partial charge is 0.273 e. The molecule has 7 nitrogen and oxygen atoms in total. The van der Waals surface area contributed by atoms with Gasteiger partial charge in [0.2, 0.25) is 5.91 Å². The van der Waals surface area contributed by atoms with Gasteiger partial charge in [-0.2, -0.15) is 0 Å². The van der Waals surface area contributed by atoms with Crippen molar-refractivity contribution in [3.63, 3.8) is 0 Å². The average Bonchev–Trinajstić information content (AvgIpc) is 2.30. The molecule has 1 rings (SSSR count). The van der Waals surface area contributed by atoms with Gasteiger partial charge in [0.15, 0.2) is 0 Å². The Hall–Kier alpha value is -2.15. The van der Waals surface area contributed by atoms with Crippen molar-refractivity contribution < 1.29 is 14.5 Å². The van der Waals surface area contributed by atoms with E-state index in [4.69, 9.17) is 16.2 Å². The number of nitrogens with two attached hydrogens (primary N) is 2. The van der Waals surface area contributed by atoms with Crippen molar-refractivity contribution in [2.75, 3.05) is 6.61 Å². The first-order chi connectivity index (χ1) is 8.74. The molecule has 1 aromatic rings. The summed E-state index contributed by atoms with van der Waals surface area (Å²) in [5.41, 5.74) is 10.4. The summed E-state index contributed by atoms with van der Waals surface area (Å²) >= 11 is 0. The maximum atomic E-state index is 11.0. The van der Waals surface area contributed by atoms with Gasteiger partial charge >= 0.3 is 0 Å². The maximum absolute atomic E-state index is 11.0. The lowest BCUT2D eigenvalue weighted by Crippen LogP contribution is -2.50. The highest BCUT2D eigenvalue weighted by Gasteiger charge is 2.25. The molecule has 0 saturated heterocycles. The van der Waals surface area contributed by atoms with Gasteiger partial charge in [-0.3, -0.25) is 14.9 Å². The largest absolute Gasteiger partial charge is 0.493 e. The van der Waals surface area contributed by atoms with Crippen LogP contribution in [0.1, 0.15) is 18.9 Å². The van der Waals surface area contributed by atoms with E-state index in [-0.39, 0.29) is 18.7 Å². The van der Waals surface area contributed by atoms with Gasteiger partial charge in [0.1, 0.15) is 5.75 Å². The van der Waals surface area contributed by atoms with E-state index in [0.29, 0.717) is 5.75 Å². The zero-order valence-electron chi connectivity index (χ0n) is 10.9. The number of rotatable bonds is 6. The van der Waals surface area contributed by atoms with Gasteiger partial charge in [-0.15, -0.1) is 0 Å². The number of nitro groups is 1. The highest BCUT2D eigenvalue weighted by Crippen LogP contribution is 2.24. The summed E-state index contributed by atoms with van der Waals surface area (Å²) < 4.78 is 5.42. The molecule has 7 heteroatoms. The first kappa shape index (κ1) is 14.9. The highest BCUT2D eigenvalue weighted by molar-refractivity contribution is 5.83. The number of hydrogen-bond acceptors (Lipinski definition) is 5. The number of carbonyl (C=O) groups excluding carboxylic acids is 1. The summed E-state index contributed by atoms with van der Waals surface area (Å²) in [4.78, 5) is 21.2. The van der Waals surface area contributed by atoms with Gasteiger partial charge in [-0.05, 0) is 25.5 Å². The summed E-state index contributed by atoms with van der Waals surface area (Å²) in [5, 5.41) is 10.7. The molecule has 0 aliphatic carbocycles. The second-order valence-corrected chi connectivity index (χ2v) is 4.59. The van der Waals surface area contributed by atoms with E-state index in [1.54, 1.807) is 13.0 Å². The lowest BCUT2D eigenvalue weighted by molar-refractivity contribution is -0.384. The van der Waals surface area contributed by atoms with Gasteiger partial charge in [0.05, 0.1) is 23.1 Å². The number of hydrogen-bond donors (Lipinski definition) is 2. The molecular formula is C12H17N3O4. The van der Waals surface area contributed by atoms with Crippen LogP contribution in [0, 0.1) is 17.0 Å². The Morgan fingerprint density at radius 3 is 2.68 bits per heavy atom. The minimum atomic E-state index is -1.16. The molecule has 0 saturated carbocycles. The molecule has 104 valence electrons. The average molecular weight is 267 g/mol. The van der Waals surface area contributed by atoms with Crippen molar-refractivity contribution >= 4 is 11.6 Å². The zero-order chi connectivity index (χ0) is 14.6. The molecule has 0 spiro atoms. The number of carbonyl (C=O) groups is 1. The van der Waals surface area contributed by atoms with Crippen LogP contribution in [-0.4, -0.2) is 23.0 Å². The molecule has 1 atom stereocenters. The molecule has 1 aromatic carbocycles. The highest BCUT2D eigenvalue weighted by atomic mass is 16.6. The summed E-state index contributed by atoms with van der Waals surface area (Å²) in [6, 6.07) is 4.34. The van der Waals surface area contributed by atoms with Crippen LogP contribution in [0.3, 0.4) is 0 Å². The van der Waals surface area contributed by atoms with Crippen LogP contribution in [0.4, 0.5) is 5.69 Å². The molecule has 0 radical (unpaired) electrons. The Labute approximate surface area is 110 Å². The minimum absolute atomic E-state index is 0.0500. The van der Waals surface area contributed by atoms with Crippen LogP contribution in [-0.2, 0) is 4.79 Å². The third-order valence-electron chi connectivity index (χ3n) is 2.82. The van der Waals surface area contributed by atoms with Crippen molar-refractivity contribution in [1.82, 2.24) is 0 Å². The van der Waals surface area contributed by atoms with Gasteiger partial charge in [-0.1, -0.05) is 0 Å². The van der Waals surface area contributed by atoms with E-state index in [2.05, 4.69) is 0 Å². The Kier molecular flexibility index (Phi) is 4.44. The Morgan fingerprint density at radius 2 is 2.16 bits per heavy atom. The molecule has 0 heterocycles. The standard InChI is InChI=1S/C12H17N3O4/c1-8-3-4-9(15(17)18)7-10(8)19-6-5-12(2,14)11(13)16/h3-4,7H,5-6,14H2,1-2H3,(H2,13,16). The number of nitrogens with zero attached hydrogens (tertiary/aromatic N) is 1. The number of non-ortho nitro benzene ring substituents is 1. The molecule has 1 amide bonds.